The van der Waals surface area contributed by atoms with Crippen molar-refractivity contribution in [2.24, 2.45) is 0 Å². The summed E-state index contributed by atoms with van der Waals surface area (Å²) in [7, 11) is 0. The Hall–Kier alpha value is -3.10. The van der Waals surface area contributed by atoms with Gasteiger partial charge in [-0.3, -0.25) is 14.4 Å². The number of ketones is 1. The van der Waals surface area contributed by atoms with Gasteiger partial charge in [0.25, 0.3) is 5.91 Å². The van der Waals surface area contributed by atoms with E-state index in [-0.39, 0.29) is 36.9 Å². The standard InChI is InChI=1S/C26H29ClN2O6/c1-17-12-19(27)7-9-23(17)34-15-22(30)18-6-8-24-21(13-18)29(26(32)16-35-24)10-2-5-25(31)28-14-20-4-3-11-33-20/h6-9,12-13,20H,2-5,10-11,14-16H2,1H3,(H,28,31). The van der Waals surface area contributed by atoms with Crippen LogP contribution in [0.1, 0.15) is 41.6 Å². The number of carbonyl (C=O) groups excluding carboxylic acids is 3. The maximum absolute atomic E-state index is 12.8. The maximum atomic E-state index is 12.8. The van der Waals surface area contributed by atoms with Gasteiger partial charge in [-0.25, -0.2) is 0 Å². The number of amides is 2. The van der Waals surface area contributed by atoms with Crippen LogP contribution < -0.4 is 19.7 Å². The fourth-order valence-electron chi connectivity index (χ4n) is 4.14. The SMILES string of the molecule is Cc1cc(Cl)ccc1OCC(=O)c1ccc2c(c1)N(CCCC(=O)NCC1CCCO1)C(=O)CO2. The summed E-state index contributed by atoms with van der Waals surface area (Å²) in [5, 5.41) is 3.49. The third-order valence-corrected chi connectivity index (χ3v) is 6.29. The molecule has 2 aromatic carbocycles. The van der Waals surface area contributed by atoms with Crippen molar-refractivity contribution < 1.29 is 28.6 Å². The number of hydrogen-bond donors (Lipinski definition) is 1. The van der Waals surface area contributed by atoms with E-state index in [2.05, 4.69) is 5.32 Å². The van der Waals surface area contributed by atoms with Crippen molar-refractivity contribution in [3.05, 3.63) is 52.5 Å². The summed E-state index contributed by atoms with van der Waals surface area (Å²) in [6.45, 7) is 3.23. The third-order valence-electron chi connectivity index (χ3n) is 6.06. The molecule has 0 aliphatic carbocycles. The molecule has 0 aromatic heterocycles. The van der Waals surface area contributed by atoms with Crippen LogP contribution in [0.3, 0.4) is 0 Å². The zero-order chi connectivity index (χ0) is 24.8. The van der Waals surface area contributed by atoms with Gasteiger partial charge < -0.3 is 24.4 Å². The molecular weight excluding hydrogens is 472 g/mol. The minimum absolute atomic E-state index is 0.0694. The Labute approximate surface area is 209 Å². The number of carbonyl (C=O) groups is 3. The summed E-state index contributed by atoms with van der Waals surface area (Å²) in [5.41, 5.74) is 1.77. The molecule has 2 heterocycles. The van der Waals surface area contributed by atoms with Crippen LogP contribution >= 0.6 is 11.6 Å². The minimum atomic E-state index is -0.228. The van der Waals surface area contributed by atoms with Crippen LogP contribution in [0, 0.1) is 6.92 Å². The second kappa shape index (κ2) is 11.6. The Morgan fingerprint density at radius 1 is 1.23 bits per heavy atom. The topological polar surface area (TPSA) is 94.2 Å². The molecule has 1 saturated heterocycles. The highest BCUT2D eigenvalue weighted by Gasteiger charge is 2.26. The van der Waals surface area contributed by atoms with Crippen molar-refractivity contribution in [3.63, 3.8) is 0 Å². The highest BCUT2D eigenvalue weighted by Crippen LogP contribution is 2.33. The number of ether oxygens (including phenoxy) is 3. The smallest absolute Gasteiger partial charge is 0.265 e. The molecule has 2 aliphatic heterocycles. The van der Waals surface area contributed by atoms with Crippen LogP contribution in [0.25, 0.3) is 0 Å². The van der Waals surface area contributed by atoms with E-state index >= 15 is 0 Å². The van der Waals surface area contributed by atoms with Gasteiger partial charge in [0.2, 0.25) is 5.91 Å². The van der Waals surface area contributed by atoms with E-state index in [4.69, 9.17) is 25.8 Å². The number of halogens is 1. The molecule has 1 N–H and O–H groups in total. The number of nitrogens with one attached hydrogen (secondary N) is 1. The van der Waals surface area contributed by atoms with Gasteiger partial charge in [0.15, 0.2) is 19.0 Å². The summed E-state index contributed by atoms with van der Waals surface area (Å²) in [6, 6.07) is 10.2. The van der Waals surface area contributed by atoms with Crippen molar-refractivity contribution in [1.29, 1.82) is 0 Å². The van der Waals surface area contributed by atoms with E-state index in [0.29, 0.717) is 53.7 Å². The molecule has 35 heavy (non-hydrogen) atoms. The first kappa shape index (κ1) is 25.0. The fraction of sp³-hybridized carbons (Fsp3) is 0.423. The average Bonchev–Trinajstić information content (AvgIpc) is 3.37. The van der Waals surface area contributed by atoms with Crippen LogP contribution in [0.5, 0.6) is 11.5 Å². The van der Waals surface area contributed by atoms with Gasteiger partial charge in [0, 0.05) is 36.7 Å². The molecule has 2 aromatic rings. The van der Waals surface area contributed by atoms with E-state index in [1.807, 2.05) is 6.92 Å². The van der Waals surface area contributed by atoms with Gasteiger partial charge in [-0.15, -0.1) is 0 Å². The average molecular weight is 501 g/mol. The first-order chi connectivity index (χ1) is 16.9. The Morgan fingerprint density at radius 2 is 2.09 bits per heavy atom. The number of rotatable bonds is 10. The Balaban J connectivity index is 1.34. The largest absolute Gasteiger partial charge is 0.485 e. The lowest BCUT2D eigenvalue weighted by molar-refractivity contribution is -0.123. The summed E-state index contributed by atoms with van der Waals surface area (Å²) in [4.78, 5) is 39.1. The van der Waals surface area contributed by atoms with E-state index in [0.717, 1.165) is 25.0 Å². The first-order valence-electron chi connectivity index (χ1n) is 11.8. The fourth-order valence-corrected chi connectivity index (χ4v) is 4.37. The molecular formula is C26H29ClN2O6. The van der Waals surface area contributed by atoms with Crippen molar-refractivity contribution in [2.45, 2.75) is 38.7 Å². The van der Waals surface area contributed by atoms with Gasteiger partial charge in [-0.2, -0.15) is 0 Å². The monoisotopic (exact) mass is 500 g/mol. The van der Waals surface area contributed by atoms with Crippen LogP contribution in [0.4, 0.5) is 5.69 Å². The Bertz CT molecular complexity index is 1100. The molecule has 4 rings (SSSR count). The van der Waals surface area contributed by atoms with Gasteiger partial charge in [0.05, 0.1) is 11.8 Å². The molecule has 8 nitrogen and oxygen atoms in total. The van der Waals surface area contributed by atoms with Crippen LogP contribution in [-0.4, -0.2) is 56.6 Å². The van der Waals surface area contributed by atoms with E-state index < -0.39 is 0 Å². The van der Waals surface area contributed by atoms with Gasteiger partial charge in [-0.1, -0.05) is 11.6 Å². The Kier molecular flexibility index (Phi) is 8.25. The molecule has 1 fully saturated rings. The summed E-state index contributed by atoms with van der Waals surface area (Å²) in [6.07, 6.45) is 2.86. The highest BCUT2D eigenvalue weighted by molar-refractivity contribution is 6.30. The van der Waals surface area contributed by atoms with E-state index in [1.165, 1.54) is 0 Å². The molecule has 186 valence electrons. The summed E-state index contributed by atoms with van der Waals surface area (Å²) < 4.78 is 16.7. The lowest BCUT2D eigenvalue weighted by atomic mass is 10.1. The predicted molar refractivity (Wildman–Crippen MR) is 132 cm³/mol. The van der Waals surface area contributed by atoms with Crippen molar-refractivity contribution >= 4 is 34.9 Å². The van der Waals surface area contributed by atoms with Crippen molar-refractivity contribution in [3.8, 4) is 11.5 Å². The lowest BCUT2D eigenvalue weighted by Crippen LogP contribution is -2.40. The lowest BCUT2D eigenvalue weighted by Gasteiger charge is -2.29. The molecule has 0 saturated carbocycles. The number of aryl methyl sites for hydroxylation is 1. The molecule has 2 amide bonds. The normalized spacial score (nSPS) is 17.0. The van der Waals surface area contributed by atoms with Gasteiger partial charge >= 0.3 is 0 Å². The van der Waals surface area contributed by atoms with Crippen LogP contribution in [-0.2, 0) is 14.3 Å². The predicted octanol–water partition coefficient (Wildman–Crippen LogP) is 3.71. The van der Waals surface area contributed by atoms with Crippen molar-refractivity contribution in [2.75, 3.05) is 37.8 Å². The molecule has 9 heteroatoms. The molecule has 1 atom stereocenters. The zero-order valence-electron chi connectivity index (χ0n) is 19.7. The number of benzene rings is 2. The number of anilines is 1. The first-order valence-corrected chi connectivity index (χ1v) is 12.2. The Morgan fingerprint density at radius 3 is 2.86 bits per heavy atom. The third kappa shape index (κ3) is 6.52. The maximum Gasteiger partial charge on any atom is 0.265 e. The summed E-state index contributed by atoms with van der Waals surface area (Å²) in [5.74, 6) is 0.598. The van der Waals surface area contributed by atoms with E-state index in [9.17, 15) is 14.4 Å². The number of hydrogen-bond acceptors (Lipinski definition) is 6. The summed E-state index contributed by atoms with van der Waals surface area (Å²) >= 11 is 5.97. The highest BCUT2D eigenvalue weighted by atomic mass is 35.5. The molecule has 1 unspecified atom stereocenters. The molecule has 0 bridgehead atoms. The van der Waals surface area contributed by atoms with Crippen molar-refractivity contribution in [1.82, 2.24) is 5.32 Å². The second-order valence-electron chi connectivity index (χ2n) is 8.68. The molecule has 0 spiro atoms. The number of Topliss-reactive ketones (excluding diaryl/α,β-unsaturated/α-hetero) is 1. The number of fused-ring (bicyclic) bond motifs is 1. The second-order valence-corrected chi connectivity index (χ2v) is 9.12. The molecule has 0 radical (unpaired) electrons. The minimum Gasteiger partial charge on any atom is -0.485 e. The van der Waals surface area contributed by atoms with Gasteiger partial charge in [-0.05, 0) is 68.1 Å². The van der Waals surface area contributed by atoms with Crippen LogP contribution in [0.2, 0.25) is 5.02 Å². The van der Waals surface area contributed by atoms with Gasteiger partial charge in [0.1, 0.15) is 11.5 Å². The quantitative estimate of drug-likeness (QED) is 0.500. The van der Waals surface area contributed by atoms with Crippen LogP contribution in [0.15, 0.2) is 36.4 Å². The number of nitrogens with zero attached hydrogens (tertiary/aromatic N) is 1. The zero-order valence-corrected chi connectivity index (χ0v) is 20.4. The van der Waals surface area contributed by atoms with E-state index in [1.54, 1.807) is 41.3 Å². The molecule has 2 aliphatic rings.